The van der Waals surface area contributed by atoms with Crippen LogP contribution in [0.1, 0.15) is 12.6 Å². The maximum Gasteiger partial charge on any atom is 0.252 e. The van der Waals surface area contributed by atoms with Gasteiger partial charge in [-0.3, -0.25) is 9.29 Å². The lowest BCUT2D eigenvalue weighted by Gasteiger charge is -2.03. The fourth-order valence-electron chi connectivity index (χ4n) is 1.54. The molecule has 0 saturated carbocycles. The Bertz CT molecular complexity index is 794. The number of hydrogen-bond acceptors (Lipinski definition) is 9. The molecule has 0 atom stereocenters. The van der Waals surface area contributed by atoms with Gasteiger partial charge in [0.15, 0.2) is 10.2 Å². The number of imidazole rings is 1. The summed E-state index contributed by atoms with van der Waals surface area (Å²) in [6.45, 7) is 3.75. The summed E-state index contributed by atoms with van der Waals surface area (Å²) in [7, 11) is -1.75. The van der Waals surface area contributed by atoms with Gasteiger partial charge in [0.25, 0.3) is 5.13 Å². The highest BCUT2D eigenvalue weighted by atomic mass is 32.2. The van der Waals surface area contributed by atoms with Crippen molar-refractivity contribution in [3.8, 4) is 0 Å². The average Bonchev–Trinajstić information content (AvgIpc) is 2.93. The second kappa shape index (κ2) is 6.71. The van der Waals surface area contributed by atoms with Gasteiger partial charge in [-0.05, 0) is 12.7 Å². The quantitative estimate of drug-likeness (QED) is 0.624. The number of nitrogens with one attached hydrogen (secondary N) is 1. The van der Waals surface area contributed by atoms with Crippen molar-refractivity contribution in [2.75, 3.05) is 16.7 Å². The molecule has 0 aliphatic heterocycles. The molecule has 2 aromatic rings. The van der Waals surface area contributed by atoms with Gasteiger partial charge < -0.3 is 0 Å². The molecular weight excluding hydrogens is 346 g/mol. The molecular formula is C10H15N7O2S3. The number of aryl methyl sites for hydroxylation is 1. The summed E-state index contributed by atoms with van der Waals surface area (Å²) in [5, 5.41) is 16.5. The first kappa shape index (κ1) is 16.8. The van der Waals surface area contributed by atoms with Crippen LogP contribution in [-0.4, -0.2) is 40.2 Å². The van der Waals surface area contributed by atoms with Crippen molar-refractivity contribution in [3.63, 3.8) is 0 Å². The Morgan fingerprint density at radius 1 is 1.36 bits per heavy atom. The summed E-state index contributed by atoms with van der Waals surface area (Å²) in [4.78, 5) is 4.12. The Hall–Kier alpha value is -1.53. The monoisotopic (exact) mass is 361 g/mol. The van der Waals surface area contributed by atoms with Gasteiger partial charge >= 0.3 is 0 Å². The number of anilines is 1. The van der Waals surface area contributed by atoms with E-state index >= 15 is 0 Å². The van der Waals surface area contributed by atoms with Gasteiger partial charge in [0.05, 0.1) is 11.9 Å². The third kappa shape index (κ3) is 4.24. The highest BCUT2D eigenvalue weighted by molar-refractivity contribution is 8.01. The minimum atomic E-state index is -3.40. The minimum Gasteiger partial charge on any atom is -0.296 e. The lowest BCUT2D eigenvalue weighted by atomic mass is 10.5. The van der Waals surface area contributed by atoms with Gasteiger partial charge in [0, 0.05) is 7.05 Å². The van der Waals surface area contributed by atoms with Crippen molar-refractivity contribution in [2.45, 2.75) is 18.2 Å². The van der Waals surface area contributed by atoms with Gasteiger partial charge in [0.2, 0.25) is 16.0 Å². The highest BCUT2D eigenvalue weighted by Gasteiger charge is 2.14. The van der Waals surface area contributed by atoms with E-state index in [1.54, 1.807) is 25.7 Å². The van der Waals surface area contributed by atoms with E-state index in [2.05, 4.69) is 30.1 Å². The molecule has 2 aromatic heterocycles. The fourth-order valence-corrected chi connectivity index (χ4v) is 3.61. The van der Waals surface area contributed by atoms with Crippen LogP contribution in [0.5, 0.6) is 0 Å². The van der Waals surface area contributed by atoms with Gasteiger partial charge in [-0.15, -0.1) is 20.4 Å². The van der Waals surface area contributed by atoms with E-state index < -0.39 is 10.0 Å². The largest absolute Gasteiger partial charge is 0.296 e. The lowest BCUT2D eigenvalue weighted by Crippen LogP contribution is -2.13. The van der Waals surface area contributed by atoms with E-state index in [1.807, 2.05) is 6.92 Å². The second-order valence-electron chi connectivity index (χ2n) is 4.26. The number of nitrogens with zero attached hydrogens (tertiary/aromatic N) is 6. The molecule has 2 rings (SSSR count). The Kier molecular flexibility index (Phi) is 5.13. The maximum absolute atomic E-state index is 11.3. The number of aromatic nitrogens is 4. The fraction of sp³-hybridized carbons (Fsp3) is 0.500. The molecule has 0 aliphatic carbocycles. The van der Waals surface area contributed by atoms with Crippen molar-refractivity contribution in [1.82, 2.24) is 19.7 Å². The molecule has 0 amide bonds. The standard InChI is InChI=1S/C10H15N7O2S3/c1-5-20-10-15-14-9(21-10)13-12-7-6(2)11-8(17(7)3)16-22(4,18)19/h5H2,1-4H3,(H,11,16). The summed E-state index contributed by atoms with van der Waals surface area (Å²) >= 11 is 2.93. The first-order valence-corrected chi connectivity index (χ1v) is 9.88. The molecule has 0 aliphatic rings. The van der Waals surface area contributed by atoms with Gasteiger partial charge in [0.1, 0.15) is 0 Å². The van der Waals surface area contributed by atoms with Crippen LogP contribution < -0.4 is 4.72 Å². The molecule has 2 heterocycles. The molecule has 0 bridgehead atoms. The van der Waals surface area contributed by atoms with E-state index in [0.29, 0.717) is 16.6 Å². The van der Waals surface area contributed by atoms with E-state index in [1.165, 1.54) is 15.9 Å². The molecule has 9 nitrogen and oxygen atoms in total. The zero-order chi connectivity index (χ0) is 16.3. The van der Waals surface area contributed by atoms with Crippen molar-refractivity contribution in [1.29, 1.82) is 0 Å². The molecule has 0 spiro atoms. The van der Waals surface area contributed by atoms with Crippen molar-refractivity contribution < 1.29 is 8.42 Å². The van der Waals surface area contributed by atoms with E-state index in [-0.39, 0.29) is 5.95 Å². The van der Waals surface area contributed by atoms with E-state index in [0.717, 1.165) is 16.3 Å². The normalized spacial score (nSPS) is 12.2. The van der Waals surface area contributed by atoms with Crippen LogP contribution in [0.2, 0.25) is 0 Å². The second-order valence-corrected chi connectivity index (χ2v) is 8.48. The van der Waals surface area contributed by atoms with Crippen molar-refractivity contribution >= 4 is 50.0 Å². The predicted molar refractivity (Wildman–Crippen MR) is 86.9 cm³/mol. The predicted octanol–water partition coefficient (Wildman–Crippen LogP) is 2.48. The summed E-state index contributed by atoms with van der Waals surface area (Å²) in [5.74, 6) is 1.55. The van der Waals surface area contributed by atoms with E-state index in [9.17, 15) is 8.42 Å². The SMILES string of the molecule is CCSc1nnc(N=Nc2c(C)nc(NS(C)(=O)=O)n2C)s1. The van der Waals surface area contributed by atoms with Crippen LogP contribution in [0.25, 0.3) is 0 Å². The number of hydrogen-bond donors (Lipinski definition) is 1. The smallest absolute Gasteiger partial charge is 0.252 e. The third-order valence-electron chi connectivity index (χ3n) is 2.40. The van der Waals surface area contributed by atoms with Crippen LogP contribution in [0.4, 0.5) is 16.9 Å². The van der Waals surface area contributed by atoms with Crippen molar-refractivity contribution in [2.24, 2.45) is 17.3 Å². The van der Waals surface area contributed by atoms with Crippen LogP contribution in [0.3, 0.4) is 0 Å². The average molecular weight is 361 g/mol. The first-order chi connectivity index (χ1) is 10.3. The van der Waals surface area contributed by atoms with Crippen LogP contribution in [0.15, 0.2) is 14.6 Å². The van der Waals surface area contributed by atoms with Crippen LogP contribution in [-0.2, 0) is 17.1 Å². The summed E-state index contributed by atoms with van der Waals surface area (Å²) in [6, 6.07) is 0. The molecule has 1 N–H and O–H groups in total. The topological polar surface area (TPSA) is 114 Å². The molecule has 0 fully saturated rings. The summed E-state index contributed by atoms with van der Waals surface area (Å²) < 4.78 is 27.2. The Labute approximate surface area is 136 Å². The zero-order valence-electron chi connectivity index (χ0n) is 12.4. The summed E-state index contributed by atoms with van der Waals surface area (Å²) in [6.07, 6.45) is 1.06. The van der Waals surface area contributed by atoms with Gasteiger partial charge in [-0.25, -0.2) is 13.4 Å². The highest BCUT2D eigenvalue weighted by Crippen LogP contribution is 2.29. The number of sulfonamides is 1. The number of azo groups is 1. The molecule has 120 valence electrons. The lowest BCUT2D eigenvalue weighted by molar-refractivity contribution is 0.606. The Balaban J connectivity index is 2.23. The Morgan fingerprint density at radius 2 is 2.09 bits per heavy atom. The number of thioether (sulfide) groups is 1. The molecule has 0 saturated heterocycles. The maximum atomic E-state index is 11.3. The van der Waals surface area contributed by atoms with E-state index in [4.69, 9.17) is 0 Å². The minimum absolute atomic E-state index is 0.188. The molecule has 0 aromatic carbocycles. The molecule has 0 radical (unpaired) electrons. The van der Waals surface area contributed by atoms with Gasteiger partial charge in [-0.1, -0.05) is 30.0 Å². The zero-order valence-corrected chi connectivity index (χ0v) is 14.9. The number of rotatable bonds is 6. The molecule has 22 heavy (non-hydrogen) atoms. The van der Waals surface area contributed by atoms with Crippen LogP contribution in [0, 0.1) is 6.92 Å². The molecule has 0 unspecified atom stereocenters. The Morgan fingerprint density at radius 3 is 2.73 bits per heavy atom. The third-order valence-corrected chi connectivity index (χ3v) is 4.78. The molecule has 12 heteroatoms. The van der Waals surface area contributed by atoms with Gasteiger partial charge in [-0.2, -0.15) is 0 Å². The first-order valence-electron chi connectivity index (χ1n) is 6.19. The summed E-state index contributed by atoms with van der Waals surface area (Å²) in [5.41, 5.74) is 0.560. The van der Waals surface area contributed by atoms with Crippen LogP contribution >= 0.6 is 23.1 Å². The van der Waals surface area contributed by atoms with Crippen molar-refractivity contribution in [3.05, 3.63) is 5.69 Å².